The van der Waals surface area contributed by atoms with Crippen molar-refractivity contribution in [2.45, 2.75) is 32.7 Å². The molecule has 3 N–H and O–H groups in total. The van der Waals surface area contributed by atoms with Gasteiger partial charge >= 0.3 is 0 Å². The van der Waals surface area contributed by atoms with Crippen molar-refractivity contribution in [2.75, 3.05) is 0 Å². The van der Waals surface area contributed by atoms with Crippen molar-refractivity contribution in [3.63, 3.8) is 0 Å². The van der Waals surface area contributed by atoms with Crippen LogP contribution in [0.5, 0.6) is 0 Å². The summed E-state index contributed by atoms with van der Waals surface area (Å²) in [6.07, 6.45) is 1.77. The first-order valence-corrected chi connectivity index (χ1v) is 6.92. The average molecular weight is 271 g/mol. The number of nitrogens with zero attached hydrogens (tertiary/aromatic N) is 1. The zero-order valence-corrected chi connectivity index (χ0v) is 12.0. The van der Waals surface area contributed by atoms with Gasteiger partial charge in [-0.25, -0.2) is 5.84 Å². The molecule has 1 aromatic heterocycles. The lowest BCUT2D eigenvalue weighted by atomic mass is 10.1. The molecule has 0 aliphatic rings. The summed E-state index contributed by atoms with van der Waals surface area (Å²) in [7, 11) is 0. The summed E-state index contributed by atoms with van der Waals surface area (Å²) in [5.74, 6) is 5.02. The lowest BCUT2D eigenvalue weighted by molar-refractivity contribution is 0.0942. The van der Waals surface area contributed by atoms with Gasteiger partial charge in [-0.05, 0) is 31.0 Å². The standard InChI is InChI=1S/C16H21N3O/c1-3-12(2)19-14(9-10-15(19)16(20)18-17)11-13-7-5-4-6-8-13/h4-10,12H,3,11,17H2,1-2H3,(H,18,20). The smallest absolute Gasteiger partial charge is 0.281 e. The van der Waals surface area contributed by atoms with Crippen LogP contribution < -0.4 is 11.3 Å². The van der Waals surface area contributed by atoms with Crippen LogP contribution in [0.1, 0.15) is 48.1 Å². The fourth-order valence-electron chi connectivity index (χ4n) is 2.40. The molecular weight excluding hydrogens is 250 g/mol. The first kappa shape index (κ1) is 14.3. The normalized spacial score (nSPS) is 12.2. The van der Waals surface area contributed by atoms with Crippen molar-refractivity contribution < 1.29 is 4.79 Å². The van der Waals surface area contributed by atoms with Crippen molar-refractivity contribution in [3.05, 3.63) is 59.4 Å². The molecule has 1 atom stereocenters. The first-order valence-electron chi connectivity index (χ1n) is 6.92. The average Bonchev–Trinajstić information content (AvgIpc) is 2.90. The Morgan fingerprint density at radius 3 is 2.55 bits per heavy atom. The highest BCUT2D eigenvalue weighted by atomic mass is 16.2. The maximum atomic E-state index is 11.9. The molecule has 0 saturated heterocycles. The summed E-state index contributed by atoms with van der Waals surface area (Å²) < 4.78 is 2.08. The Kier molecular flexibility index (Phi) is 4.58. The second kappa shape index (κ2) is 6.39. The van der Waals surface area contributed by atoms with E-state index in [2.05, 4.69) is 36.0 Å². The number of rotatable bonds is 5. The Morgan fingerprint density at radius 2 is 1.95 bits per heavy atom. The van der Waals surface area contributed by atoms with Gasteiger partial charge < -0.3 is 4.57 Å². The maximum absolute atomic E-state index is 11.9. The third-order valence-electron chi connectivity index (χ3n) is 3.63. The van der Waals surface area contributed by atoms with E-state index in [9.17, 15) is 4.79 Å². The van der Waals surface area contributed by atoms with Crippen LogP contribution in [0.3, 0.4) is 0 Å². The maximum Gasteiger partial charge on any atom is 0.281 e. The summed E-state index contributed by atoms with van der Waals surface area (Å²) >= 11 is 0. The molecule has 4 nitrogen and oxygen atoms in total. The van der Waals surface area contributed by atoms with Gasteiger partial charge in [-0.15, -0.1) is 0 Å². The van der Waals surface area contributed by atoms with Crippen molar-refractivity contribution in [1.29, 1.82) is 0 Å². The van der Waals surface area contributed by atoms with Crippen molar-refractivity contribution >= 4 is 5.91 Å². The minimum Gasteiger partial charge on any atom is -0.338 e. The largest absolute Gasteiger partial charge is 0.338 e. The Balaban J connectivity index is 2.38. The Morgan fingerprint density at radius 1 is 1.25 bits per heavy atom. The van der Waals surface area contributed by atoms with Crippen molar-refractivity contribution in [1.82, 2.24) is 9.99 Å². The van der Waals surface area contributed by atoms with E-state index in [1.807, 2.05) is 30.3 Å². The van der Waals surface area contributed by atoms with Crippen LogP contribution in [0.25, 0.3) is 0 Å². The molecule has 1 amide bonds. The summed E-state index contributed by atoms with van der Waals surface area (Å²) in [6.45, 7) is 4.23. The van der Waals surface area contributed by atoms with Crippen molar-refractivity contribution in [2.24, 2.45) is 5.84 Å². The molecule has 20 heavy (non-hydrogen) atoms. The Bertz CT molecular complexity index is 575. The number of nitrogens with two attached hydrogens (primary N) is 1. The molecule has 0 saturated carbocycles. The molecule has 2 rings (SSSR count). The van der Waals surface area contributed by atoms with E-state index in [1.54, 1.807) is 0 Å². The van der Waals surface area contributed by atoms with Gasteiger partial charge in [0.15, 0.2) is 0 Å². The zero-order valence-electron chi connectivity index (χ0n) is 12.0. The van der Waals surface area contributed by atoms with Crippen molar-refractivity contribution in [3.8, 4) is 0 Å². The molecule has 1 heterocycles. The van der Waals surface area contributed by atoms with E-state index < -0.39 is 0 Å². The minimum absolute atomic E-state index is 0.246. The number of nitrogens with one attached hydrogen (secondary N) is 1. The van der Waals surface area contributed by atoms with E-state index >= 15 is 0 Å². The van der Waals surface area contributed by atoms with Crippen LogP contribution in [-0.2, 0) is 6.42 Å². The van der Waals surface area contributed by atoms with E-state index in [4.69, 9.17) is 5.84 Å². The number of hydrazine groups is 1. The number of nitrogen functional groups attached to an aromatic ring is 1. The van der Waals surface area contributed by atoms with Crippen LogP contribution >= 0.6 is 0 Å². The summed E-state index contributed by atoms with van der Waals surface area (Å²) in [5, 5.41) is 0. The van der Waals surface area contributed by atoms with Crippen LogP contribution in [0.2, 0.25) is 0 Å². The van der Waals surface area contributed by atoms with E-state index in [0.29, 0.717) is 5.69 Å². The quantitative estimate of drug-likeness (QED) is 0.499. The van der Waals surface area contributed by atoms with Crippen LogP contribution in [0, 0.1) is 0 Å². The van der Waals surface area contributed by atoms with Gasteiger partial charge in [-0.3, -0.25) is 10.2 Å². The molecule has 0 fully saturated rings. The van der Waals surface area contributed by atoms with Crippen LogP contribution in [0.4, 0.5) is 0 Å². The van der Waals surface area contributed by atoms with Crippen LogP contribution in [0.15, 0.2) is 42.5 Å². The molecule has 4 heteroatoms. The van der Waals surface area contributed by atoms with Gasteiger partial charge in [-0.2, -0.15) is 0 Å². The Labute approximate surface area is 119 Å². The summed E-state index contributed by atoms with van der Waals surface area (Å²) in [6, 6.07) is 14.4. The number of amides is 1. The lowest BCUT2D eigenvalue weighted by Crippen LogP contribution is -2.32. The number of hydrogen-bond acceptors (Lipinski definition) is 2. The number of carbonyl (C=O) groups is 1. The first-order chi connectivity index (χ1) is 9.67. The van der Waals surface area contributed by atoms with Crippen LogP contribution in [-0.4, -0.2) is 10.5 Å². The summed E-state index contributed by atoms with van der Waals surface area (Å²) in [4.78, 5) is 11.9. The zero-order chi connectivity index (χ0) is 14.5. The molecule has 0 aliphatic carbocycles. The second-order valence-electron chi connectivity index (χ2n) is 4.97. The molecule has 0 spiro atoms. The highest BCUT2D eigenvalue weighted by Crippen LogP contribution is 2.21. The fourth-order valence-corrected chi connectivity index (χ4v) is 2.40. The molecular formula is C16H21N3O. The Hall–Kier alpha value is -2.07. The fraction of sp³-hybridized carbons (Fsp3) is 0.312. The molecule has 0 aliphatic heterocycles. The SMILES string of the molecule is CCC(C)n1c(Cc2ccccc2)ccc1C(=O)NN. The summed E-state index contributed by atoms with van der Waals surface area (Å²) in [5.41, 5.74) is 5.20. The topological polar surface area (TPSA) is 60.0 Å². The monoisotopic (exact) mass is 271 g/mol. The molecule has 1 unspecified atom stereocenters. The van der Waals surface area contributed by atoms with Gasteiger partial charge in [-0.1, -0.05) is 37.3 Å². The van der Waals surface area contributed by atoms with Gasteiger partial charge in [0.2, 0.25) is 0 Å². The predicted octanol–water partition coefficient (Wildman–Crippen LogP) is 2.65. The number of benzene rings is 1. The van der Waals surface area contributed by atoms with Gasteiger partial charge in [0.1, 0.15) is 5.69 Å². The van der Waals surface area contributed by atoms with E-state index in [1.165, 1.54) is 5.56 Å². The molecule has 0 bridgehead atoms. The third kappa shape index (κ3) is 2.91. The minimum atomic E-state index is -0.246. The predicted molar refractivity (Wildman–Crippen MR) is 80.3 cm³/mol. The van der Waals surface area contributed by atoms with E-state index in [-0.39, 0.29) is 11.9 Å². The third-order valence-corrected chi connectivity index (χ3v) is 3.63. The van der Waals surface area contributed by atoms with Gasteiger partial charge in [0.25, 0.3) is 5.91 Å². The number of aromatic nitrogens is 1. The highest BCUT2D eigenvalue weighted by Gasteiger charge is 2.17. The molecule has 106 valence electrons. The van der Waals surface area contributed by atoms with E-state index in [0.717, 1.165) is 18.5 Å². The molecule has 2 aromatic rings. The number of hydrogen-bond donors (Lipinski definition) is 2. The molecule has 1 aromatic carbocycles. The molecule has 0 radical (unpaired) electrons. The lowest BCUT2D eigenvalue weighted by Gasteiger charge is -2.19. The highest BCUT2D eigenvalue weighted by molar-refractivity contribution is 5.92. The number of carbonyl (C=O) groups excluding carboxylic acids is 1. The van der Waals surface area contributed by atoms with Gasteiger partial charge in [0.05, 0.1) is 0 Å². The van der Waals surface area contributed by atoms with Gasteiger partial charge in [0, 0.05) is 18.2 Å². The second-order valence-corrected chi connectivity index (χ2v) is 4.97.